The maximum Gasteiger partial charge on any atom is 0.221 e. The van der Waals surface area contributed by atoms with Crippen molar-refractivity contribution in [2.75, 3.05) is 6.54 Å². The normalized spacial score (nSPS) is 21.3. The fourth-order valence-electron chi connectivity index (χ4n) is 2.15. The first-order valence-corrected chi connectivity index (χ1v) is 6.76. The lowest BCUT2D eigenvalue weighted by Crippen LogP contribution is -2.34. The monoisotopic (exact) mass is 296 g/mol. The molecule has 0 bridgehead atoms. The molecule has 1 amide bonds. The van der Waals surface area contributed by atoms with Crippen molar-refractivity contribution in [1.82, 2.24) is 10.6 Å². The smallest absolute Gasteiger partial charge is 0.221 e. The first-order chi connectivity index (χ1) is 8.19. The van der Waals surface area contributed by atoms with E-state index < -0.39 is 0 Å². The molecular weight excluding hydrogens is 280 g/mol. The van der Waals surface area contributed by atoms with Gasteiger partial charge < -0.3 is 10.6 Å². The molecule has 2 atom stereocenters. The summed E-state index contributed by atoms with van der Waals surface area (Å²) in [5.41, 5.74) is 1.27. The van der Waals surface area contributed by atoms with Gasteiger partial charge in [-0.25, -0.2) is 0 Å². The summed E-state index contributed by atoms with van der Waals surface area (Å²) >= 11 is 3.44. The lowest BCUT2D eigenvalue weighted by molar-refractivity contribution is -0.119. The van der Waals surface area contributed by atoms with E-state index in [1.807, 2.05) is 0 Å². The van der Waals surface area contributed by atoms with Crippen molar-refractivity contribution in [3.05, 3.63) is 34.3 Å². The average molecular weight is 297 g/mol. The molecule has 3 nitrogen and oxygen atoms in total. The van der Waals surface area contributed by atoms with Crippen molar-refractivity contribution in [3.63, 3.8) is 0 Å². The Morgan fingerprint density at radius 2 is 2.18 bits per heavy atom. The quantitative estimate of drug-likeness (QED) is 0.896. The Kier molecular flexibility index (Phi) is 4.18. The topological polar surface area (TPSA) is 41.1 Å². The number of halogens is 1. The van der Waals surface area contributed by atoms with Gasteiger partial charge in [-0.15, -0.1) is 0 Å². The minimum absolute atomic E-state index is 0.146. The van der Waals surface area contributed by atoms with Crippen molar-refractivity contribution in [1.29, 1.82) is 0 Å². The third-order valence-corrected chi connectivity index (χ3v) is 3.62. The highest BCUT2D eigenvalue weighted by atomic mass is 79.9. The first kappa shape index (κ1) is 12.6. The summed E-state index contributed by atoms with van der Waals surface area (Å²) in [6.07, 6.45) is 1.61. The van der Waals surface area contributed by atoms with Gasteiger partial charge in [0.25, 0.3) is 0 Å². The number of hydrogen-bond donors (Lipinski definition) is 2. The van der Waals surface area contributed by atoms with Gasteiger partial charge in [-0.3, -0.25) is 4.79 Å². The predicted molar refractivity (Wildman–Crippen MR) is 71.7 cm³/mol. The second-order valence-electron chi connectivity index (χ2n) is 4.38. The molecule has 1 heterocycles. The molecule has 1 aromatic carbocycles. The second kappa shape index (κ2) is 5.65. The standard InChI is InChI=1S/C13H17BrN2O/c1-2-12(9-3-5-10(14)6-4-9)16-11-7-13(17)15-8-11/h3-6,11-12,16H,2,7-8H2,1H3,(H,15,17). The fourth-order valence-corrected chi connectivity index (χ4v) is 2.42. The summed E-state index contributed by atoms with van der Waals surface area (Å²) in [5.74, 6) is 0.146. The highest BCUT2D eigenvalue weighted by Crippen LogP contribution is 2.20. The van der Waals surface area contributed by atoms with Crippen LogP contribution in [0.3, 0.4) is 0 Å². The van der Waals surface area contributed by atoms with Crippen LogP contribution in [0.5, 0.6) is 0 Å². The Morgan fingerprint density at radius 1 is 1.47 bits per heavy atom. The van der Waals surface area contributed by atoms with Crippen LogP contribution < -0.4 is 10.6 Å². The summed E-state index contributed by atoms with van der Waals surface area (Å²) in [6.45, 7) is 2.90. The van der Waals surface area contributed by atoms with E-state index in [1.54, 1.807) is 0 Å². The molecule has 17 heavy (non-hydrogen) atoms. The minimum atomic E-state index is 0.146. The van der Waals surface area contributed by atoms with E-state index in [4.69, 9.17) is 0 Å². The Hall–Kier alpha value is -0.870. The van der Waals surface area contributed by atoms with Gasteiger partial charge in [0.05, 0.1) is 0 Å². The fraction of sp³-hybridized carbons (Fsp3) is 0.462. The molecule has 4 heteroatoms. The van der Waals surface area contributed by atoms with Crippen LogP contribution in [0.25, 0.3) is 0 Å². The van der Waals surface area contributed by atoms with Crippen LogP contribution >= 0.6 is 15.9 Å². The Labute approximate surface area is 110 Å². The number of carbonyl (C=O) groups excluding carboxylic acids is 1. The van der Waals surface area contributed by atoms with Crippen molar-refractivity contribution in [2.45, 2.75) is 31.8 Å². The van der Waals surface area contributed by atoms with Gasteiger partial charge in [0, 0.05) is 29.5 Å². The largest absolute Gasteiger partial charge is 0.354 e. The zero-order valence-electron chi connectivity index (χ0n) is 9.87. The van der Waals surface area contributed by atoms with E-state index in [0.29, 0.717) is 12.5 Å². The summed E-state index contributed by atoms with van der Waals surface area (Å²) in [7, 11) is 0. The van der Waals surface area contributed by atoms with Gasteiger partial charge in [-0.2, -0.15) is 0 Å². The van der Waals surface area contributed by atoms with Gasteiger partial charge in [0.2, 0.25) is 5.91 Å². The maximum absolute atomic E-state index is 11.1. The molecule has 0 radical (unpaired) electrons. The molecule has 0 spiro atoms. The molecular formula is C13H17BrN2O. The van der Waals surface area contributed by atoms with E-state index in [1.165, 1.54) is 5.56 Å². The van der Waals surface area contributed by atoms with E-state index in [9.17, 15) is 4.79 Å². The molecule has 0 saturated carbocycles. The van der Waals surface area contributed by atoms with Gasteiger partial charge in [0.15, 0.2) is 0 Å². The molecule has 1 fully saturated rings. The van der Waals surface area contributed by atoms with Crippen LogP contribution in [-0.2, 0) is 4.79 Å². The lowest BCUT2D eigenvalue weighted by Gasteiger charge is -2.21. The highest BCUT2D eigenvalue weighted by molar-refractivity contribution is 9.10. The molecule has 1 aliphatic rings. The summed E-state index contributed by atoms with van der Waals surface area (Å²) < 4.78 is 1.09. The van der Waals surface area contributed by atoms with E-state index in [2.05, 4.69) is 57.8 Å². The van der Waals surface area contributed by atoms with Gasteiger partial charge in [-0.05, 0) is 24.1 Å². The predicted octanol–water partition coefficient (Wildman–Crippen LogP) is 2.38. The third-order valence-electron chi connectivity index (χ3n) is 3.09. The van der Waals surface area contributed by atoms with Crippen LogP contribution in [-0.4, -0.2) is 18.5 Å². The summed E-state index contributed by atoms with van der Waals surface area (Å²) in [5, 5.41) is 6.38. The summed E-state index contributed by atoms with van der Waals surface area (Å²) in [4.78, 5) is 11.1. The molecule has 2 unspecified atom stereocenters. The number of benzene rings is 1. The minimum Gasteiger partial charge on any atom is -0.354 e. The van der Waals surface area contributed by atoms with Gasteiger partial charge >= 0.3 is 0 Å². The average Bonchev–Trinajstić information content (AvgIpc) is 2.73. The Balaban J connectivity index is 2.01. The Bertz CT molecular complexity index is 391. The zero-order valence-corrected chi connectivity index (χ0v) is 11.5. The zero-order chi connectivity index (χ0) is 12.3. The molecule has 1 aromatic rings. The van der Waals surface area contributed by atoms with Crippen molar-refractivity contribution in [2.24, 2.45) is 0 Å². The molecule has 2 rings (SSSR count). The lowest BCUT2D eigenvalue weighted by atomic mass is 10.0. The molecule has 1 saturated heterocycles. The molecule has 92 valence electrons. The van der Waals surface area contributed by atoms with E-state index >= 15 is 0 Å². The SMILES string of the molecule is CCC(NC1CNC(=O)C1)c1ccc(Br)cc1. The molecule has 0 aliphatic carbocycles. The number of carbonyl (C=O) groups is 1. The van der Waals surface area contributed by atoms with Crippen molar-refractivity contribution in [3.8, 4) is 0 Å². The number of rotatable bonds is 4. The second-order valence-corrected chi connectivity index (χ2v) is 5.30. The Morgan fingerprint density at radius 3 is 2.71 bits per heavy atom. The molecule has 1 aliphatic heterocycles. The van der Waals surface area contributed by atoms with Crippen LogP contribution in [0.1, 0.15) is 31.4 Å². The van der Waals surface area contributed by atoms with Crippen LogP contribution in [0.15, 0.2) is 28.7 Å². The van der Waals surface area contributed by atoms with E-state index in [-0.39, 0.29) is 11.9 Å². The van der Waals surface area contributed by atoms with Gasteiger partial charge in [0.1, 0.15) is 0 Å². The van der Waals surface area contributed by atoms with E-state index in [0.717, 1.165) is 17.4 Å². The number of nitrogens with one attached hydrogen (secondary N) is 2. The molecule has 2 N–H and O–H groups in total. The number of amides is 1. The third kappa shape index (κ3) is 3.30. The maximum atomic E-state index is 11.1. The number of hydrogen-bond acceptors (Lipinski definition) is 2. The van der Waals surface area contributed by atoms with Gasteiger partial charge in [-0.1, -0.05) is 35.0 Å². The summed E-state index contributed by atoms with van der Waals surface area (Å²) in [6, 6.07) is 8.93. The van der Waals surface area contributed by atoms with Crippen LogP contribution in [0.2, 0.25) is 0 Å². The molecule has 0 aromatic heterocycles. The van der Waals surface area contributed by atoms with Crippen molar-refractivity contribution >= 4 is 21.8 Å². The highest BCUT2D eigenvalue weighted by Gasteiger charge is 2.23. The van der Waals surface area contributed by atoms with Crippen LogP contribution in [0, 0.1) is 0 Å². The van der Waals surface area contributed by atoms with Crippen LogP contribution in [0.4, 0.5) is 0 Å². The first-order valence-electron chi connectivity index (χ1n) is 5.97. The van der Waals surface area contributed by atoms with Crippen molar-refractivity contribution < 1.29 is 4.79 Å².